The minimum absolute atomic E-state index is 0. The van der Waals surface area contributed by atoms with Gasteiger partial charge in [-0.25, -0.2) is 4.52 Å². The second-order valence-electron chi connectivity index (χ2n) is 7.18. The first-order chi connectivity index (χ1) is 14.5. The number of hydrogen-bond acceptors (Lipinski definition) is 7. The summed E-state index contributed by atoms with van der Waals surface area (Å²) in [6, 6.07) is 10.9. The first-order valence-electron chi connectivity index (χ1n) is 9.63. The van der Waals surface area contributed by atoms with Gasteiger partial charge in [-0.15, -0.1) is 0 Å². The number of nitrogen functional groups attached to an aromatic ring is 1. The van der Waals surface area contributed by atoms with E-state index in [1.165, 1.54) is 0 Å². The zero-order valence-electron chi connectivity index (χ0n) is 16.7. The molecule has 0 amide bonds. The quantitative estimate of drug-likeness (QED) is 0.505. The van der Waals surface area contributed by atoms with Crippen LogP contribution in [0.4, 0.5) is 11.9 Å². The average Bonchev–Trinajstić information content (AvgIpc) is 3.35. The van der Waals surface area contributed by atoms with Gasteiger partial charge in [0.05, 0.1) is 16.8 Å². The summed E-state index contributed by atoms with van der Waals surface area (Å²) in [5.74, 6) is 1.80. The molecule has 1 aliphatic rings. The van der Waals surface area contributed by atoms with Crippen molar-refractivity contribution in [1.82, 2.24) is 29.1 Å². The van der Waals surface area contributed by atoms with E-state index in [0.29, 0.717) is 28.1 Å². The number of nitrogens with two attached hydrogens (primary N) is 1. The normalized spacial score (nSPS) is 15.9. The number of para-hydroxylation sites is 1. The van der Waals surface area contributed by atoms with Crippen LogP contribution in [0.3, 0.4) is 0 Å². The Hall–Kier alpha value is -3.11. The highest BCUT2D eigenvalue weighted by atomic mass is 35.5. The molecule has 0 aliphatic carbocycles. The number of nitrogens with zero attached hydrogens (tertiary/aromatic N) is 7. The summed E-state index contributed by atoms with van der Waals surface area (Å²) < 4.78 is 3.17. The molecule has 0 spiro atoms. The molecule has 11 heteroatoms. The molecule has 0 bridgehead atoms. The molecule has 0 radical (unpaired) electrons. The van der Waals surface area contributed by atoms with Crippen LogP contribution in [-0.2, 0) is 0 Å². The van der Waals surface area contributed by atoms with Crippen molar-refractivity contribution in [3.63, 3.8) is 0 Å². The molecule has 1 fully saturated rings. The Bertz CT molecular complexity index is 1290. The maximum absolute atomic E-state index is 13.5. The van der Waals surface area contributed by atoms with E-state index >= 15 is 0 Å². The minimum atomic E-state index is -0.223. The van der Waals surface area contributed by atoms with Crippen LogP contribution in [0.5, 0.6) is 0 Å². The Morgan fingerprint density at radius 1 is 1.13 bits per heavy atom. The van der Waals surface area contributed by atoms with Gasteiger partial charge in [-0.2, -0.15) is 33.5 Å². The lowest BCUT2D eigenvalue weighted by atomic mass is 10.2. The molecule has 3 aromatic heterocycles. The highest BCUT2D eigenvalue weighted by Gasteiger charge is 2.33. The Kier molecular flexibility index (Phi) is 5.59. The van der Waals surface area contributed by atoms with Gasteiger partial charge in [0.25, 0.3) is 5.56 Å². The fourth-order valence-electron chi connectivity index (χ4n) is 3.98. The summed E-state index contributed by atoms with van der Waals surface area (Å²) in [6.45, 7) is 2.50. The van der Waals surface area contributed by atoms with E-state index < -0.39 is 0 Å². The van der Waals surface area contributed by atoms with Crippen LogP contribution in [-0.4, -0.2) is 35.7 Å². The highest BCUT2D eigenvalue weighted by Crippen LogP contribution is 2.34. The topological polar surface area (TPSA) is 107 Å². The molecule has 5 rings (SSSR count). The molecule has 4 heterocycles. The number of aryl methyl sites for hydroxylation is 1. The van der Waals surface area contributed by atoms with Crippen LogP contribution in [0, 0.1) is 6.92 Å². The van der Waals surface area contributed by atoms with Gasteiger partial charge in [0.2, 0.25) is 11.9 Å². The largest absolute Gasteiger partial charge is 0.368 e. The predicted octanol–water partition coefficient (Wildman–Crippen LogP) is 2.67. The van der Waals surface area contributed by atoms with Crippen LogP contribution in [0.15, 0.2) is 47.4 Å². The monoisotopic (exact) mass is 456 g/mol. The van der Waals surface area contributed by atoms with Crippen molar-refractivity contribution < 1.29 is 0 Å². The van der Waals surface area contributed by atoms with Gasteiger partial charge in [0.15, 0.2) is 5.82 Å². The minimum Gasteiger partial charge on any atom is -0.368 e. The first-order valence-corrected chi connectivity index (χ1v) is 10.0. The van der Waals surface area contributed by atoms with E-state index in [0.717, 1.165) is 25.1 Å². The van der Waals surface area contributed by atoms with Crippen molar-refractivity contribution in [2.45, 2.75) is 25.8 Å². The van der Waals surface area contributed by atoms with Crippen LogP contribution in [0.25, 0.3) is 11.2 Å². The van der Waals surface area contributed by atoms with Crippen molar-refractivity contribution in [3.05, 3.63) is 69.6 Å². The fraction of sp³-hybridized carbons (Fsp3) is 0.250. The zero-order valence-corrected chi connectivity index (χ0v) is 18.5. The van der Waals surface area contributed by atoms with Crippen molar-refractivity contribution in [1.29, 1.82) is 0 Å². The molecular weight excluding hydrogens is 436 g/mol. The number of benzene rings is 1. The fourth-order valence-corrected chi connectivity index (χ4v) is 4.20. The van der Waals surface area contributed by atoms with E-state index in [9.17, 15) is 4.79 Å². The Balaban J connectivity index is 0.00000231. The maximum atomic E-state index is 13.5. The average molecular weight is 457 g/mol. The van der Waals surface area contributed by atoms with E-state index in [1.807, 2.05) is 35.2 Å². The predicted molar refractivity (Wildman–Crippen MR) is 124 cm³/mol. The highest BCUT2D eigenvalue weighted by molar-refractivity contribution is 7.59. The van der Waals surface area contributed by atoms with E-state index in [-0.39, 0.29) is 31.0 Å². The molecule has 1 aliphatic heterocycles. The molecule has 1 saturated heterocycles. The smallest absolute Gasteiger partial charge is 0.284 e. The second kappa shape index (κ2) is 8.20. The van der Waals surface area contributed by atoms with Gasteiger partial charge in [-0.3, -0.25) is 9.36 Å². The molecule has 1 atom stereocenters. The third-order valence-corrected chi connectivity index (χ3v) is 5.54. The standard InChI is InChI=1S/C20H19ClN8O.H2S/c1-12-23-19(22)25-20(24-12)27-10-5-8-15(27)17-26-28-11-9-14(21)16(28)18(30)29(17)13-6-3-2-4-7-13;/h2-4,6-7,9,11,15H,5,8,10H2,1H3,(H2,22,23,24,25);1H2/t15-;/m0./s1. The second-order valence-corrected chi connectivity index (χ2v) is 7.59. The van der Waals surface area contributed by atoms with Gasteiger partial charge in [-0.05, 0) is 38.0 Å². The van der Waals surface area contributed by atoms with Gasteiger partial charge >= 0.3 is 0 Å². The SMILES string of the molecule is Cc1nc(N)nc(N2CCC[C@H]2c2nn3ccc(Cl)c3c(=O)n2-c2ccccc2)n1.S. The Labute approximate surface area is 190 Å². The third kappa shape index (κ3) is 3.61. The number of anilines is 2. The summed E-state index contributed by atoms with van der Waals surface area (Å²) in [7, 11) is 0. The van der Waals surface area contributed by atoms with Crippen LogP contribution < -0.4 is 16.2 Å². The van der Waals surface area contributed by atoms with Crippen molar-refractivity contribution >= 4 is 42.5 Å². The van der Waals surface area contributed by atoms with Crippen molar-refractivity contribution in [2.24, 2.45) is 0 Å². The van der Waals surface area contributed by atoms with E-state index in [2.05, 4.69) is 15.0 Å². The van der Waals surface area contributed by atoms with Crippen LogP contribution in [0.2, 0.25) is 5.02 Å². The lowest BCUT2D eigenvalue weighted by Crippen LogP contribution is -2.33. The number of halogens is 1. The summed E-state index contributed by atoms with van der Waals surface area (Å²) in [4.78, 5) is 28.4. The molecule has 0 unspecified atom stereocenters. The van der Waals surface area contributed by atoms with Gasteiger partial charge in [0.1, 0.15) is 11.3 Å². The van der Waals surface area contributed by atoms with Crippen LogP contribution in [0.1, 0.15) is 30.5 Å². The number of fused-ring (bicyclic) bond motifs is 1. The molecule has 1 aromatic carbocycles. The molecule has 160 valence electrons. The van der Waals surface area contributed by atoms with E-state index in [1.54, 1.807) is 28.3 Å². The van der Waals surface area contributed by atoms with Gasteiger partial charge in [-0.1, -0.05) is 29.8 Å². The van der Waals surface area contributed by atoms with Gasteiger partial charge in [0, 0.05) is 12.7 Å². The third-order valence-electron chi connectivity index (χ3n) is 5.24. The molecular formula is C20H21ClN8OS. The maximum Gasteiger partial charge on any atom is 0.284 e. The van der Waals surface area contributed by atoms with Crippen LogP contribution >= 0.6 is 25.1 Å². The molecule has 31 heavy (non-hydrogen) atoms. The molecule has 4 aromatic rings. The number of aromatic nitrogens is 6. The number of hydrogen-bond donors (Lipinski definition) is 1. The molecule has 9 nitrogen and oxygen atoms in total. The molecule has 2 N–H and O–H groups in total. The van der Waals surface area contributed by atoms with Crippen molar-refractivity contribution in [2.75, 3.05) is 17.2 Å². The summed E-state index contributed by atoms with van der Waals surface area (Å²) in [5.41, 5.74) is 6.70. The lowest BCUT2D eigenvalue weighted by Gasteiger charge is -2.26. The van der Waals surface area contributed by atoms with Crippen molar-refractivity contribution in [3.8, 4) is 5.69 Å². The summed E-state index contributed by atoms with van der Waals surface area (Å²) in [5, 5.41) is 5.16. The number of rotatable bonds is 3. The summed E-state index contributed by atoms with van der Waals surface area (Å²) >= 11 is 6.28. The first kappa shape index (κ1) is 21.1. The Morgan fingerprint density at radius 2 is 1.90 bits per heavy atom. The summed E-state index contributed by atoms with van der Waals surface area (Å²) in [6.07, 6.45) is 3.40. The lowest BCUT2D eigenvalue weighted by molar-refractivity contribution is 0.596. The van der Waals surface area contributed by atoms with Gasteiger partial charge < -0.3 is 10.6 Å². The molecule has 0 saturated carbocycles. The van der Waals surface area contributed by atoms with E-state index in [4.69, 9.17) is 22.4 Å². The Morgan fingerprint density at radius 3 is 2.65 bits per heavy atom. The zero-order chi connectivity index (χ0) is 20.8.